The fraction of sp³-hybridized carbons (Fsp3) is 0.500. The summed E-state index contributed by atoms with van der Waals surface area (Å²) in [5.74, 6) is -2.18. The number of ketones is 1. The molecule has 0 aromatic heterocycles. The van der Waals surface area contributed by atoms with Crippen molar-refractivity contribution in [3.63, 3.8) is 0 Å². The van der Waals surface area contributed by atoms with Crippen LogP contribution in [0.15, 0.2) is 24.3 Å². The molecule has 5 heteroatoms. The molecular weight excluding hydrogens is 273 g/mol. The minimum absolute atomic E-state index is 0.188. The first-order valence-electron chi connectivity index (χ1n) is 7.30. The second kappa shape index (κ2) is 7.31. The van der Waals surface area contributed by atoms with Crippen LogP contribution in [0.5, 0.6) is 0 Å². The number of benzene rings is 1. The number of rotatable bonds is 6. The summed E-state index contributed by atoms with van der Waals surface area (Å²) in [5, 5.41) is 9.02. The van der Waals surface area contributed by atoms with Gasteiger partial charge in [0.25, 0.3) is 0 Å². The Kier molecular flexibility index (Phi) is 5.44. The van der Waals surface area contributed by atoms with Crippen LogP contribution in [0.1, 0.15) is 36.0 Å². The molecule has 1 fully saturated rings. The molecule has 1 atom stereocenters. The molecule has 0 radical (unpaired) electrons. The maximum atomic E-state index is 12.9. The van der Waals surface area contributed by atoms with E-state index in [1.807, 2.05) is 0 Å². The molecule has 21 heavy (non-hydrogen) atoms. The minimum atomic E-state index is -0.979. The van der Waals surface area contributed by atoms with E-state index in [9.17, 15) is 14.0 Å². The van der Waals surface area contributed by atoms with E-state index in [-0.39, 0.29) is 12.2 Å². The highest BCUT2D eigenvalue weighted by Gasteiger charge is 2.26. The third-order valence-corrected chi connectivity index (χ3v) is 3.85. The zero-order chi connectivity index (χ0) is 15.2. The summed E-state index contributed by atoms with van der Waals surface area (Å²) in [7, 11) is 0. The van der Waals surface area contributed by atoms with Crippen LogP contribution in [0, 0.1) is 11.7 Å². The summed E-state index contributed by atoms with van der Waals surface area (Å²) < 4.78 is 12.9. The Morgan fingerprint density at radius 3 is 2.33 bits per heavy atom. The first-order chi connectivity index (χ1) is 10.1. The molecule has 0 amide bonds. The average molecular weight is 293 g/mol. The molecule has 0 saturated carbocycles. The largest absolute Gasteiger partial charge is 0.481 e. The van der Waals surface area contributed by atoms with Gasteiger partial charge in [0, 0.05) is 18.0 Å². The SMILES string of the molecule is O=C(O)CC(CN1CCCCC1)C(=O)c1ccc(F)cc1. The summed E-state index contributed by atoms with van der Waals surface area (Å²) in [6.07, 6.45) is 3.17. The van der Waals surface area contributed by atoms with E-state index in [1.165, 1.54) is 30.7 Å². The number of piperidine rings is 1. The monoisotopic (exact) mass is 293 g/mol. The number of carboxylic acids is 1. The van der Waals surface area contributed by atoms with Crippen molar-refractivity contribution in [2.45, 2.75) is 25.7 Å². The summed E-state index contributed by atoms with van der Waals surface area (Å²) in [6.45, 7) is 2.28. The summed E-state index contributed by atoms with van der Waals surface area (Å²) in [4.78, 5) is 25.6. The summed E-state index contributed by atoms with van der Waals surface area (Å²) in [6, 6.07) is 5.29. The van der Waals surface area contributed by atoms with Gasteiger partial charge in [0.05, 0.1) is 6.42 Å². The number of Topliss-reactive ketones (excluding diaryl/α,β-unsaturated/α-hetero) is 1. The number of likely N-dealkylation sites (tertiary alicyclic amines) is 1. The molecule has 0 spiro atoms. The third-order valence-electron chi connectivity index (χ3n) is 3.85. The lowest BCUT2D eigenvalue weighted by Gasteiger charge is -2.29. The lowest BCUT2D eigenvalue weighted by molar-refractivity contribution is -0.137. The molecule has 1 saturated heterocycles. The van der Waals surface area contributed by atoms with Gasteiger partial charge < -0.3 is 10.0 Å². The van der Waals surface area contributed by atoms with Gasteiger partial charge in [0.2, 0.25) is 0 Å². The van der Waals surface area contributed by atoms with Crippen LogP contribution >= 0.6 is 0 Å². The molecule has 1 aliphatic heterocycles. The van der Waals surface area contributed by atoms with Crippen molar-refractivity contribution >= 4 is 11.8 Å². The molecule has 114 valence electrons. The predicted molar refractivity (Wildman–Crippen MR) is 76.8 cm³/mol. The highest BCUT2D eigenvalue weighted by atomic mass is 19.1. The zero-order valence-corrected chi connectivity index (χ0v) is 11.9. The lowest BCUT2D eigenvalue weighted by Crippen LogP contribution is -2.37. The van der Waals surface area contributed by atoms with E-state index in [0.29, 0.717) is 12.1 Å². The number of carbonyl (C=O) groups excluding carboxylic acids is 1. The van der Waals surface area contributed by atoms with Crippen molar-refractivity contribution in [3.05, 3.63) is 35.6 Å². The van der Waals surface area contributed by atoms with Crippen molar-refractivity contribution in [1.29, 1.82) is 0 Å². The van der Waals surface area contributed by atoms with Gasteiger partial charge in [-0.1, -0.05) is 6.42 Å². The average Bonchev–Trinajstić information content (AvgIpc) is 2.47. The fourth-order valence-electron chi connectivity index (χ4n) is 2.75. The van der Waals surface area contributed by atoms with Gasteiger partial charge in [-0.25, -0.2) is 4.39 Å². The molecule has 1 heterocycles. The molecule has 4 nitrogen and oxygen atoms in total. The molecule has 1 N–H and O–H groups in total. The summed E-state index contributed by atoms with van der Waals surface area (Å²) >= 11 is 0. The predicted octanol–water partition coefficient (Wildman–Crippen LogP) is 2.59. The second-order valence-electron chi connectivity index (χ2n) is 5.53. The van der Waals surface area contributed by atoms with Crippen molar-refractivity contribution in [3.8, 4) is 0 Å². The van der Waals surface area contributed by atoms with E-state index in [2.05, 4.69) is 4.90 Å². The molecule has 1 aliphatic rings. The van der Waals surface area contributed by atoms with Gasteiger partial charge in [0.1, 0.15) is 5.82 Å². The van der Waals surface area contributed by atoms with E-state index < -0.39 is 17.7 Å². The summed E-state index contributed by atoms with van der Waals surface area (Å²) in [5.41, 5.74) is 0.375. The van der Waals surface area contributed by atoms with Crippen LogP contribution in [-0.2, 0) is 4.79 Å². The Labute approximate surface area is 123 Å². The maximum Gasteiger partial charge on any atom is 0.304 e. The van der Waals surface area contributed by atoms with Crippen LogP contribution < -0.4 is 0 Å². The molecule has 2 rings (SSSR count). The number of halogens is 1. The normalized spacial score (nSPS) is 17.4. The smallest absolute Gasteiger partial charge is 0.304 e. The highest BCUT2D eigenvalue weighted by Crippen LogP contribution is 2.18. The highest BCUT2D eigenvalue weighted by molar-refractivity contribution is 5.99. The Morgan fingerprint density at radius 1 is 1.14 bits per heavy atom. The standard InChI is InChI=1S/C16H20FNO3/c17-14-6-4-12(5-7-14)16(21)13(10-15(19)20)11-18-8-2-1-3-9-18/h4-7,13H,1-3,8-11H2,(H,19,20). The van der Waals surface area contributed by atoms with Crippen molar-refractivity contribution < 1.29 is 19.1 Å². The zero-order valence-electron chi connectivity index (χ0n) is 11.9. The van der Waals surface area contributed by atoms with Gasteiger partial charge in [0.15, 0.2) is 5.78 Å². The van der Waals surface area contributed by atoms with E-state index in [4.69, 9.17) is 5.11 Å². The van der Waals surface area contributed by atoms with Crippen molar-refractivity contribution in [2.75, 3.05) is 19.6 Å². The Bertz CT molecular complexity index is 495. The molecule has 1 aromatic rings. The Balaban J connectivity index is 2.08. The number of aliphatic carboxylic acids is 1. The first-order valence-corrected chi connectivity index (χ1v) is 7.30. The van der Waals surface area contributed by atoms with Gasteiger partial charge in [-0.3, -0.25) is 9.59 Å². The lowest BCUT2D eigenvalue weighted by atomic mass is 9.93. The van der Waals surface area contributed by atoms with Crippen LogP contribution in [0.4, 0.5) is 4.39 Å². The Hall–Kier alpha value is -1.75. The molecule has 0 bridgehead atoms. The van der Waals surface area contributed by atoms with Crippen LogP contribution in [0.2, 0.25) is 0 Å². The van der Waals surface area contributed by atoms with Crippen LogP contribution in [0.25, 0.3) is 0 Å². The molecule has 0 aliphatic carbocycles. The Morgan fingerprint density at radius 2 is 1.76 bits per heavy atom. The molecule has 1 unspecified atom stereocenters. The minimum Gasteiger partial charge on any atom is -0.481 e. The van der Waals surface area contributed by atoms with E-state index in [1.54, 1.807) is 0 Å². The van der Waals surface area contributed by atoms with Crippen molar-refractivity contribution in [2.24, 2.45) is 5.92 Å². The van der Waals surface area contributed by atoms with Gasteiger partial charge in [-0.15, -0.1) is 0 Å². The number of nitrogens with zero attached hydrogens (tertiary/aromatic N) is 1. The van der Waals surface area contributed by atoms with Crippen LogP contribution in [-0.4, -0.2) is 41.4 Å². The number of carboxylic acid groups (broad SMARTS) is 1. The maximum absolute atomic E-state index is 12.9. The number of carbonyl (C=O) groups is 2. The van der Waals surface area contributed by atoms with Gasteiger partial charge >= 0.3 is 5.97 Å². The number of hydrogen-bond donors (Lipinski definition) is 1. The van der Waals surface area contributed by atoms with Crippen LogP contribution in [0.3, 0.4) is 0 Å². The van der Waals surface area contributed by atoms with E-state index in [0.717, 1.165) is 25.9 Å². The second-order valence-corrected chi connectivity index (χ2v) is 5.53. The van der Waals surface area contributed by atoms with Gasteiger partial charge in [-0.05, 0) is 50.2 Å². The third kappa shape index (κ3) is 4.63. The molecule has 1 aromatic carbocycles. The van der Waals surface area contributed by atoms with E-state index >= 15 is 0 Å². The van der Waals surface area contributed by atoms with Crippen molar-refractivity contribution in [1.82, 2.24) is 4.90 Å². The van der Waals surface area contributed by atoms with Gasteiger partial charge in [-0.2, -0.15) is 0 Å². The topological polar surface area (TPSA) is 57.6 Å². The quantitative estimate of drug-likeness (QED) is 0.819. The number of hydrogen-bond acceptors (Lipinski definition) is 3. The first kappa shape index (κ1) is 15.6. The fourth-order valence-corrected chi connectivity index (χ4v) is 2.75. The molecular formula is C16H20FNO3.